The first-order valence-electron chi connectivity index (χ1n) is 9.34. The second-order valence-electron chi connectivity index (χ2n) is 6.69. The molecule has 0 saturated carbocycles. The molecule has 0 atom stereocenters. The summed E-state index contributed by atoms with van der Waals surface area (Å²) in [6.45, 7) is 3.77. The van der Waals surface area contributed by atoms with Gasteiger partial charge in [0.25, 0.3) is 5.91 Å². The predicted octanol–water partition coefficient (Wildman–Crippen LogP) is 4.07. The Morgan fingerprint density at radius 3 is 1.97 bits per heavy atom. The summed E-state index contributed by atoms with van der Waals surface area (Å²) >= 11 is 0. The van der Waals surface area contributed by atoms with Gasteiger partial charge in [-0.05, 0) is 61.4 Å². The summed E-state index contributed by atoms with van der Waals surface area (Å²) in [7, 11) is 0. The number of carbonyl (C=O) groups is 2. The Hall–Kier alpha value is -3.84. The van der Waals surface area contributed by atoms with Crippen molar-refractivity contribution in [2.45, 2.75) is 13.8 Å². The third-order valence-electron chi connectivity index (χ3n) is 4.43. The van der Waals surface area contributed by atoms with Crippen LogP contribution < -0.4 is 10.6 Å². The average Bonchev–Trinajstić information content (AvgIpc) is 2.74. The van der Waals surface area contributed by atoms with E-state index in [9.17, 15) is 9.59 Å². The Morgan fingerprint density at radius 1 is 0.759 bits per heavy atom. The summed E-state index contributed by atoms with van der Waals surface area (Å²) in [6.07, 6.45) is 0. The fraction of sp³-hybridized carbons (Fsp3) is 0.120. The molecule has 3 aromatic rings. The van der Waals surface area contributed by atoms with Crippen molar-refractivity contribution in [3.05, 3.63) is 101 Å². The van der Waals surface area contributed by atoms with Crippen molar-refractivity contribution in [1.29, 1.82) is 0 Å². The van der Waals surface area contributed by atoms with Crippen molar-refractivity contribution < 1.29 is 9.59 Å². The fourth-order valence-corrected chi connectivity index (χ4v) is 2.83. The third-order valence-corrected chi connectivity index (χ3v) is 4.43. The van der Waals surface area contributed by atoms with Crippen LogP contribution in [-0.2, 0) is 4.79 Å². The van der Waals surface area contributed by atoms with Gasteiger partial charge in [-0.3, -0.25) is 9.59 Å². The van der Waals surface area contributed by atoms with Gasteiger partial charge in [-0.2, -0.15) is 0 Å². The molecule has 3 rings (SSSR count). The minimum absolute atomic E-state index is 0.0951. The molecule has 0 spiro atoms. The molecule has 144 valence electrons. The number of benzene rings is 3. The maximum Gasteiger partial charge on any atom is 0.251 e. The monoisotopic (exact) mass is 382 g/mol. The van der Waals surface area contributed by atoms with Crippen LogP contribution >= 0.6 is 0 Å². The number of amides is 2. The minimum Gasteiger partial charge on any atom is -0.343 e. The quantitative estimate of drug-likeness (QED) is 0.668. The molecule has 0 aromatic heterocycles. The molecule has 0 aliphatic heterocycles. The van der Waals surface area contributed by atoms with Crippen molar-refractivity contribution >= 4 is 17.5 Å². The Morgan fingerprint density at radius 2 is 1.34 bits per heavy atom. The van der Waals surface area contributed by atoms with Gasteiger partial charge in [0.1, 0.15) is 0 Å². The van der Waals surface area contributed by atoms with Gasteiger partial charge in [-0.25, -0.2) is 0 Å². The minimum atomic E-state index is -0.302. The summed E-state index contributed by atoms with van der Waals surface area (Å²) in [5, 5.41) is 5.50. The topological polar surface area (TPSA) is 58.2 Å². The first-order chi connectivity index (χ1) is 14.0. The zero-order valence-electron chi connectivity index (χ0n) is 16.5. The number of anilines is 1. The smallest absolute Gasteiger partial charge is 0.251 e. The number of hydrogen-bond acceptors (Lipinski definition) is 2. The molecule has 0 saturated heterocycles. The number of para-hydroxylation sites is 1. The lowest BCUT2D eigenvalue weighted by Gasteiger charge is -2.12. The van der Waals surface area contributed by atoms with Crippen LogP contribution in [0, 0.1) is 25.7 Å². The fourth-order valence-electron chi connectivity index (χ4n) is 2.83. The van der Waals surface area contributed by atoms with E-state index in [1.807, 2.05) is 62.4 Å². The zero-order valence-corrected chi connectivity index (χ0v) is 16.5. The lowest BCUT2D eigenvalue weighted by molar-refractivity contribution is -0.115. The average molecular weight is 382 g/mol. The molecule has 4 heteroatoms. The van der Waals surface area contributed by atoms with Crippen LogP contribution in [0.25, 0.3) is 0 Å². The van der Waals surface area contributed by atoms with Crippen molar-refractivity contribution in [2.75, 3.05) is 11.9 Å². The van der Waals surface area contributed by atoms with Crippen molar-refractivity contribution in [3.63, 3.8) is 0 Å². The highest BCUT2D eigenvalue weighted by atomic mass is 16.2. The molecule has 0 fully saturated rings. The van der Waals surface area contributed by atoms with Crippen LogP contribution in [0.15, 0.2) is 72.8 Å². The Kier molecular flexibility index (Phi) is 6.44. The molecule has 29 heavy (non-hydrogen) atoms. The Balaban J connectivity index is 1.56. The van der Waals surface area contributed by atoms with Crippen molar-refractivity contribution in [3.8, 4) is 11.8 Å². The van der Waals surface area contributed by atoms with Crippen LogP contribution in [0.3, 0.4) is 0 Å². The molecule has 0 heterocycles. The van der Waals surface area contributed by atoms with E-state index < -0.39 is 0 Å². The SMILES string of the molecule is Cc1cccc(C)c1NC(=O)CNC(=O)c1ccc(C#Cc2ccccc2)cc1. The summed E-state index contributed by atoms with van der Waals surface area (Å²) in [5.74, 6) is 5.58. The van der Waals surface area contributed by atoms with Gasteiger partial charge in [0.2, 0.25) is 5.91 Å². The van der Waals surface area contributed by atoms with Crippen LogP contribution in [0.5, 0.6) is 0 Å². The molecule has 2 amide bonds. The summed E-state index contributed by atoms with van der Waals surface area (Å²) in [5.41, 5.74) is 4.99. The van der Waals surface area contributed by atoms with Crippen LogP contribution in [0.2, 0.25) is 0 Å². The molecule has 3 aromatic carbocycles. The maximum atomic E-state index is 12.3. The number of rotatable bonds is 4. The highest BCUT2D eigenvalue weighted by molar-refractivity contribution is 5.99. The lowest BCUT2D eigenvalue weighted by Crippen LogP contribution is -2.33. The first-order valence-corrected chi connectivity index (χ1v) is 9.34. The first kappa shape index (κ1) is 19.9. The molecule has 0 aliphatic rings. The van der Waals surface area contributed by atoms with E-state index in [2.05, 4.69) is 22.5 Å². The largest absolute Gasteiger partial charge is 0.343 e. The Labute approximate surface area is 171 Å². The molecule has 0 unspecified atom stereocenters. The molecule has 0 aliphatic carbocycles. The molecular weight excluding hydrogens is 360 g/mol. The highest BCUT2D eigenvalue weighted by Gasteiger charge is 2.10. The van der Waals surface area contributed by atoms with E-state index in [-0.39, 0.29) is 18.4 Å². The van der Waals surface area contributed by atoms with E-state index in [1.165, 1.54) is 0 Å². The number of nitrogens with one attached hydrogen (secondary N) is 2. The number of aryl methyl sites for hydroxylation is 2. The summed E-state index contributed by atoms with van der Waals surface area (Å²) in [6, 6.07) is 22.5. The van der Waals surface area contributed by atoms with Crippen LogP contribution in [0.4, 0.5) is 5.69 Å². The van der Waals surface area contributed by atoms with Gasteiger partial charge >= 0.3 is 0 Å². The van der Waals surface area contributed by atoms with E-state index in [4.69, 9.17) is 0 Å². The van der Waals surface area contributed by atoms with Gasteiger partial charge in [-0.1, -0.05) is 48.2 Å². The number of carbonyl (C=O) groups excluding carboxylic acids is 2. The van der Waals surface area contributed by atoms with Gasteiger partial charge in [0.05, 0.1) is 6.54 Å². The van der Waals surface area contributed by atoms with Gasteiger partial charge < -0.3 is 10.6 Å². The van der Waals surface area contributed by atoms with E-state index in [0.29, 0.717) is 5.56 Å². The molecule has 4 nitrogen and oxygen atoms in total. The van der Waals surface area contributed by atoms with E-state index >= 15 is 0 Å². The van der Waals surface area contributed by atoms with E-state index in [0.717, 1.165) is 27.9 Å². The highest BCUT2D eigenvalue weighted by Crippen LogP contribution is 2.19. The van der Waals surface area contributed by atoms with Crippen molar-refractivity contribution in [2.24, 2.45) is 0 Å². The molecule has 0 bridgehead atoms. The van der Waals surface area contributed by atoms with Crippen molar-refractivity contribution in [1.82, 2.24) is 5.32 Å². The summed E-state index contributed by atoms with van der Waals surface area (Å²) in [4.78, 5) is 24.5. The maximum absolute atomic E-state index is 12.3. The molecule has 2 N–H and O–H groups in total. The molecular formula is C25H22N2O2. The van der Waals surface area contributed by atoms with E-state index in [1.54, 1.807) is 24.3 Å². The lowest BCUT2D eigenvalue weighted by atomic mass is 10.1. The standard InChI is InChI=1S/C25H22N2O2/c1-18-7-6-8-19(2)24(18)27-23(28)17-26-25(29)22-15-13-21(14-16-22)12-11-20-9-4-3-5-10-20/h3-10,13-16H,17H2,1-2H3,(H,26,29)(H,27,28). The summed E-state index contributed by atoms with van der Waals surface area (Å²) < 4.78 is 0. The Bertz CT molecular complexity index is 1060. The predicted molar refractivity (Wildman–Crippen MR) is 116 cm³/mol. The molecule has 0 radical (unpaired) electrons. The zero-order chi connectivity index (χ0) is 20.6. The number of hydrogen-bond donors (Lipinski definition) is 2. The van der Waals surface area contributed by atoms with Crippen LogP contribution in [0.1, 0.15) is 32.6 Å². The second-order valence-corrected chi connectivity index (χ2v) is 6.69. The third kappa shape index (κ3) is 5.57. The second kappa shape index (κ2) is 9.38. The normalized spacial score (nSPS) is 9.86. The van der Waals surface area contributed by atoms with Gasteiger partial charge in [-0.15, -0.1) is 0 Å². The van der Waals surface area contributed by atoms with Crippen LogP contribution in [-0.4, -0.2) is 18.4 Å². The van der Waals surface area contributed by atoms with Gasteiger partial charge in [0.15, 0.2) is 0 Å². The van der Waals surface area contributed by atoms with Gasteiger partial charge in [0, 0.05) is 22.4 Å².